The van der Waals surface area contributed by atoms with Crippen LogP contribution in [0, 0.1) is 5.92 Å². The second kappa shape index (κ2) is 10.8. The van der Waals surface area contributed by atoms with Crippen molar-refractivity contribution in [3.63, 3.8) is 0 Å². The Morgan fingerprint density at radius 2 is 1.85 bits per heavy atom. The fourth-order valence-electron chi connectivity index (χ4n) is 4.57. The molecule has 7 nitrogen and oxygen atoms in total. The average Bonchev–Trinajstić information content (AvgIpc) is 3.29. The van der Waals surface area contributed by atoms with Crippen LogP contribution in [0.15, 0.2) is 48.8 Å². The number of anilines is 1. The molecule has 1 aliphatic carbocycles. The molecule has 1 aromatic heterocycles. The van der Waals surface area contributed by atoms with Gasteiger partial charge < -0.3 is 10.1 Å². The zero-order valence-corrected chi connectivity index (χ0v) is 19.6. The fourth-order valence-corrected chi connectivity index (χ4v) is 5.54. The minimum Gasteiger partial charge on any atom is -0.495 e. The highest BCUT2D eigenvalue weighted by atomic mass is 32.2. The number of carbonyl (C=O) groups excluding carboxylic acids is 3. The third-order valence-electron chi connectivity index (χ3n) is 6.27. The maximum atomic E-state index is 13.9. The number of nitrogens with zero attached hydrogens (tertiary/aromatic N) is 2. The van der Waals surface area contributed by atoms with Gasteiger partial charge >= 0.3 is 0 Å². The zero-order chi connectivity index (χ0) is 23.2. The molecule has 1 saturated carbocycles. The van der Waals surface area contributed by atoms with Crippen LogP contribution in [0.4, 0.5) is 5.69 Å². The van der Waals surface area contributed by atoms with Gasteiger partial charge in [0.2, 0.25) is 11.8 Å². The van der Waals surface area contributed by atoms with Crippen molar-refractivity contribution in [2.24, 2.45) is 5.92 Å². The van der Waals surface area contributed by atoms with E-state index < -0.39 is 12.0 Å². The number of pyridine rings is 1. The summed E-state index contributed by atoms with van der Waals surface area (Å²) in [5, 5.41) is 3.19. The molecule has 2 heterocycles. The highest BCUT2D eigenvalue weighted by molar-refractivity contribution is 8.14. The fraction of sp³-hybridized carbons (Fsp3) is 0.440. The van der Waals surface area contributed by atoms with Gasteiger partial charge in [-0.25, -0.2) is 0 Å². The summed E-state index contributed by atoms with van der Waals surface area (Å²) in [4.78, 5) is 45.2. The highest BCUT2D eigenvalue weighted by Gasteiger charge is 2.40. The van der Waals surface area contributed by atoms with Crippen molar-refractivity contribution in [2.45, 2.75) is 50.6 Å². The summed E-state index contributed by atoms with van der Waals surface area (Å²) in [6.07, 6.45) is 8.63. The van der Waals surface area contributed by atoms with E-state index >= 15 is 0 Å². The molecule has 0 spiro atoms. The smallest absolute Gasteiger partial charge is 0.248 e. The molecule has 2 aliphatic rings. The maximum absolute atomic E-state index is 13.9. The van der Waals surface area contributed by atoms with Gasteiger partial charge in [-0.2, -0.15) is 0 Å². The zero-order valence-electron chi connectivity index (χ0n) is 18.7. The van der Waals surface area contributed by atoms with Gasteiger partial charge in [-0.15, -0.1) is 0 Å². The van der Waals surface area contributed by atoms with E-state index in [4.69, 9.17) is 4.74 Å². The van der Waals surface area contributed by atoms with Gasteiger partial charge in [0.25, 0.3) is 0 Å². The van der Waals surface area contributed by atoms with Crippen molar-refractivity contribution in [2.75, 3.05) is 17.8 Å². The van der Waals surface area contributed by atoms with Gasteiger partial charge in [0.1, 0.15) is 11.8 Å². The molecule has 174 valence electrons. The highest BCUT2D eigenvalue weighted by Crippen LogP contribution is 2.38. The normalized spacial score (nSPS) is 19.7. The molecule has 0 radical (unpaired) electrons. The summed E-state index contributed by atoms with van der Waals surface area (Å²) in [6.45, 7) is 0. The van der Waals surface area contributed by atoms with Crippen LogP contribution in [0.1, 0.15) is 50.1 Å². The van der Waals surface area contributed by atoms with E-state index in [0.29, 0.717) is 22.8 Å². The molecule has 33 heavy (non-hydrogen) atoms. The lowest BCUT2D eigenvalue weighted by Crippen LogP contribution is -2.49. The molecule has 8 heteroatoms. The topological polar surface area (TPSA) is 88.6 Å². The van der Waals surface area contributed by atoms with Crippen LogP contribution in [0.5, 0.6) is 5.75 Å². The van der Waals surface area contributed by atoms with Crippen LogP contribution in [-0.2, 0) is 14.4 Å². The Kier molecular flexibility index (Phi) is 7.65. The summed E-state index contributed by atoms with van der Waals surface area (Å²) in [7, 11) is 1.54. The largest absolute Gasteiger partial charge is 0.495 e. The van der Waals surface area contributed by atoms with E-state index in [0.717, 1.165) is 25.7 Å². The molecule has 2 atom stereocenters. The maximum Gasteiger partial charge on any atom is 0.248 e. The summed E-state index contributed by atoms with van der Waals surface area (Å²) in [5.41, 5.74) is 1.17. The van der Waals surface area contributed by atoms with Crippen molar-refractivity contribution >= 4 is 34.4 Å². The Balaban J connectivity index is 1.77. The van der Waals surface area contributed by atoms with E-state index in [2.05, 4.69) is 10.3 Å². The van der Waals surface area contributed by atoms with Gasteiger partial charge in [0.05, 0.1) is 18.7 Å². The lowest BCUT2D eigenvalue weighted by atomic mass is 9.94. The minimum atomic E-state index is -0.903. The second-order valence-electron chi connectivity index (χ2n) is 8.49. The Labute approximate surface area is 198 Å². The monoisotopic (exact) mass is 467 g/mol. The first kappa shape index (κ1) is 23.3. The second-order valence-corrected chi connectivity index (χ2v) is 9.57. The lowest BCUT2D eigenvalue weighted by Gasteiger charge is -2.35. The molecular formula is C25H29N3O4S. The number of para-hydroxylation sites is 2. The van der Waals surface area contributed by atoms with Crippen molar-refractivity contribution in [3.8, 4) is 5.75 Å². The number of ether oxygens (including phenoxy) is 1. The van der Waals surface area contributed by atoms with E-state index in [1.807, 2.05) is 12.1 Å². The van der Waals surface area contributed by atoms with Crippen molar-refractivity contribution in [3.05, 3.63) is 54.4 Å². The average molecular weight is 468 g/mol. The van der Waals surface area contributed by atoms with Crippen LogP contribution in [0.3, 0.4) is 0 Å². The van der Waals surface area contributed by atoms with Gasteiger partial charge in [-0.3, -0.25) is 24.3 Å². The standard InChI is InChI=1S/C25H29N3O4S/c1-32-21-10-6-5-9-20(21)28(25(31)18-15-22(29)33-16-18)23(17-11-13-26-14-12-17)24(30)27-19-7-3-2-4-8-19/h5-6,9-14,18-19,23H,2-4,7-8,15-16H2,1H3,(H,27,30)/t18-,23-/m1/s1. The number of amides is 2. The first-order valence-corrected chi connectivity index (χ1v) is 12.4. The predicted octanol–water partition coefficient (Wildman–Crippen LogP) is 3.89. The van der Waals surface area contributed by atoms with Gasteiger partial charge in [-0.05, 0) is 42.7 Å². The predicted molar refractivity (Wildman–Crippen MR) is 128 cm³/mol. The molecule has 1 N–H and O–H groups in total. The summed E-state index contributed by atoms with van der Waals surface area (Å²) in [6, 6.07) is 9.90. The van der Waals surface area contributed by atoms with E-state index in [1.54, 1.807) is 43.8 Å². The number of thioether (sulfide) groups is 1. The Morgan fingerprint density at radius 3 is 2.52 bits per heavy atom. The first-order valence-electron chi connectivity index (χ1n) is 11.4. The summed E-state index contributed by atoms with van der Waals surface area (Å²) in [5.74, 6) is -0.0641. The molecule has 0 unspecified atom stereocenters. The van der Waals surface area contributed by atoms with E-state index in [9.17, 15) is 14.4 Å². The number of rotatable bonds is 7. The Hall–Kier alpha value is -2.87. The number of carbonyl (C=O) groups is 3. The molecule has 1 aromatic carbocycles. The van der Waals surface area contributed by atoms with Crippen molar-refractivity contribution in [1.82, 2.24) is 10.3 Å². The number of nitrogens with one attached hydrogen (secondary N) is 1. The number of hydrogen-bond acceptors (Lipinski definition) is 6. The summed E-state index contributed by atoms with van der Waals surface area (Å²) < 4.78 is 5.57. The van der Waals surface area contributed by atoms with Crippen LogP contribution < -0.4 is 15.0 Å². The molecule has 1 saturated heterocycles. The molecule has 2 aromatic rings. The number of aromatic nitrogens is 1. The molecule has 1 aliphatic heterocycles. The van der Waals surface area contributed by atoms with E-state index in [1.165, 1.54) is 23.1 Å². The number of hydrogen-bond donors (Lipinski definition) is 1. The summed E-state index contributed by atoms with van der Waals surface area (Å²) >= 11 is 1.17. The molecule has 2 fully saturated rings. The number of methoxy groups -OCH3 is 1. The molecular weight excluding hydrogens is 438 g/mol. The SMILES string of the molecule is COc1ccccc1N(C(=O)[C@H]1CSC(=O)C1)[C@@H](C(=O)NC1CCCCC1)c1ccncc1. The van der Waals surface area contributed by atoms with Gasteiger partial charge in [-0.1, -0.05) is 43.2 Å². The first-order chi connectivity index (χ1) is 16.1. The quantitative estimate of drug-likeness (QED) is 0.665. The Bertz CT molecular complexity index is 994. The van der Waals surface area contributed by atoms with Crippen LogP contribution in [0.2, 0.25) is 0 Å². The Morgan fingerprint density at radius 1 is 1.12 bits per heavy atom. The van der Waals surface area contributed by atoms with Gasteiger partial charge in [0, 0.05) is 30.6 Å². The third-order valence-corrected chi connectivity index (χ3v) is 7.33. The van der Waals surface area contributed by atoms with Crippen molar-refractivity contribution < 1.29 is 19.1 Å². The molecule has 4 rings (SSSR count). The lowest BCUT2D eigenvalue weighted by molar-refractivity contribution is -0.129. The van der Waals surface area contributed by atoms with E-state index in [-0.39, 0.29) is 29.4 Å². The third kappa shape index (κ3) is 5.38. The van der Waals surface area contributed by atoms with Crippen LogP contribution in [-0.4, -0.2) is 40.8 Å². The molecule has 2 amide bonds. The van der Waals surface area contributed by atoms with Crippen molar-refractivity contribution in [1.29, 1.82) is 0 Å². The number of benzene rings is 1. The van der Waals surface area contributed by atoms with Crippen LogP contribution >= 0.6 is 11.8 Å². The minimum absolute atomic E-state index is 0.000412. The molecule has 0 bridgehead atoms. The van der Waals surface area contributed by atoms with Crippen LogP contribution in [0.25, 0.3) is 0 Å². The van der Waals surface area contributed by atoms with Gasteiger partial charge in [0.15, 0.2) is 5.12 Å².